The van der Waals surface area contributed by atoms with Crippen LogP contribution in [0.25, 0.3) is 0 Å². The highest BCUT2D eigenvalue weighted by Crippen LogP contribution is 2.28. The molecule has 0 amide bonds. The second-order valence-corrected chi connectivity index (χ2v) is 5.85. The van der Waals surface area contributed by atoms with Gasteiger partial charge in [-0.1, -0.05) is 40.2 Å². The van der Waals surface area contributed by atoms with Gasteiger partial charge in [0.1, 0.15) is 0 Å². The fourth-order valence-electron chi connectivity index (χ4n) is 2.04. The van der Waals surface area contributed by atoms with Crippen molar-refractivity contribution in [2.45, 2.75) is 19.4 Å². The Labute approximate surface area is 126 Å². The number of hydrogen-bond donors (Lipinski definition) is 2. The van der Waals surface area contributed by atoms with E-state index in [1.54, 1.807) is 19.1 Å². The summed E-state index contributed by atoms with van der Waals surface area (Å²) in [6, 6.07) is 15.0. The van der Waals surface area contributed by atoms with Crippen LogP contribution in [-0.2, 0) is 10.3 Å². The summed E-state index contributed by atoms with van der Waals surface area (Å²) in [5, 5.41) is 12.7. The quantitative estimate of drug-likeness (QED) is 0.882. The first kappa shape index (κ1) is 14.6. The minimum Gasteiger partial charge on any atom is -0.479 e. The minimum atomic E-state index is -1.17. The van der Waals surface area contributed by atoms with Crippen LogP contribution in [0.3, 0.4) is 0 Å². The average molecular weight is 334 g/mol. The first-order chi connectivity index (χ1) is 9.41. The summed E-state index contributed by atoms with van der Waals surface area (Å²) >= 11 is 3.36. The normalized spacial score (nSPS) is 13.6. The van der Waals surface area contributed by atoms with Gasteiger partial charge in [0.15, 0.2) is 5.54 Å². The van der Waals surface area contributed by atoms with Gasteiger partial charge in [0.05, 0.1) is 0 Å². The predicted molar refractivity (Wildman–Crippen MR) is 83.9 cm³/mol. The number of carboxylic acids is 1. The van der Waals surface area contributed by atoms with Crippen molar-refractivity contribution in [1.82, 2.24) is 0 Å². The maximum atomic E-state index is 11.7. The Bertz CT molecular complexity index is 625. The van der Waals surface area contributed by atoms with E-state index < -0.39 is 11.5 Å². The van der Waals surface area contributed by atoms with E-state index in [1.165, 1.54) is 0 Å². The third kappa shape index (κ3) is 3.02. The van der Waals surface area contributed by atoms with Crippen LogP contribution in [-0.4, -0.2) is 11.1 Å². The highest BCUT2D eigenvalue weighted by atomic mass is 79.9. The van der Waals surface area contributed by atoms with Crippen LogP contribution < -0.4 is 5.32 Å². The summed E-state index contributed by atoms with van der Waals surface area (Å²) in [4.78, 5) is 11.7. The van der Waals surface area contributed by atoms with Crippen molar-refractivity contribution in [3.05, 3.63) is 64.1 Å². The molecule has 104 valence electrons. The molecule has 0 bridgehead atoms. The van der Waals surface area contributed by atoms with E-state index in [0.717, 1.165) is 15.7 Å². The van der Waals surface area contributed by atoms with Crippen molar-refractivity contribution in [3.63, 3.8) is 0 Å². The number of hydrogen-bond acceptors (Lipinski definition) is 2. The van der Waals surface area contributed by atoms with Crippen LogP contribution in [0, 0.1) is 6.92 Å². The molecule has 2 N–H and O–H groups in total. The molecule has 0 fully saturated rings. The molecule has 0 saturated carbocycles. The molecule has 2 aromatic carbocycles. The van der Waals surface area contributed by atoms with Gasteiger partial charge in [0.25, 0.3) is 0 Å². The first-order valence-electron chi connectivity index (χ1n) is 6.26. The zero-order chi connectivity index (χ0) is 14.8. The number of nitrogens with one attached hydrogen (secondary N) is 1. The Balaban J connectivity index is 2.39. The molecule has 3 nitrogen and oxygen atoms in total. The Hall–Kier alpha value is -1.81. The van der Waals surface area contributed by atoms with Gasteiger partial charge < -0.3 is 10.4 Å². The SMILES string of the molecule is Cc1cccc(NC(C)(C(=O)O)c2ccc(Br)cc2)c1. The second-order valence-electron chi connectivity index (χ2n) is 4.93. The van der Waals surface area contributed by atoms with Gasteiger partial charge in [-0.15, -0.1) is 0 Å². The molecule has 0 spiro atoms. The fraction of sp³-hybridized carbons (Fsp3) is 0.188. The topological polar surface area (TPSA) is 49.3 Å². The molecule has 1 unspecified atom stereocenters. The largest absolute Gasteiger partial charge is 0.479 e. The summed E-state index contributed by atoms with van der Waals surface area (Å²) in [6.07, 6.45) is 0. The van der Waals surface area contributed by atoms with Gasteiger partial charge >= 0.3 is 5.97 Å². The van der Waals surface area contributed by atoms with E-state index in [2.05, 4.69) is 21.2 Å². The number of benzene rings is 2. The number of halogens is 1. The van der Waals surface area contributed by atoms with Gasteiger partial charge in [-0.05, 0) is 49.2 Å². The number of carbonyl (C=O) groups is 1. The summed E-state index contributed by atoms with van der Waals surface area (Å²) in [5.74, 6) is -0.915. The fourth-order valence-corrected chi connectivity index (χ4v) is 2.31. The molecule has 0 heterocycles. The van der Waals surface area contributed by atoms with E-state index in [-0.39, 0.29) is 0 Å². The Kier molecular flexibility index (Phi) is 4.14. The van der Waals surface area contributed by atoms with Crippen LogP contribution in [0.1, 0.15) is 18.1 Å². The van der Waals surface area contributed by atoms with Gasteiger partial charge in [0.2, 0.25) is 0 Å². The summed E-state index contributed by atoms with van der Waals surface area (Å²) in [6.45, 7) is 3.64. The van der Waals surface area contributed by atoms with Crippen molar-refractivity contribution in [1.29, 1.82) is 0 Å². The molecule has 2 aromatic rings. The van der Waals surface area contributed by atoms with Crippen LogP contribution in [0.4, 0.5) is 5.69 Å². The third-order valence-electron chi connectivity index (χ3n) is 3.26. The highest BCUT2D eigenvalue weighted by molar-refractivity contribution is 9.10. The van der Waals surface area contributed by atoms with Gasteiger partial charge in [0, 0.05) is 10.2 Å². The number of aliphatic carboxylic acids is 1. The molecule has 0 aliphatic carbocycles. The molecular formula is C16H16BrNO2. The molecule has 0 aliphatic rings. The molecule has 20 heavy (non-hydrogen) atoms. The molecule has 0 aliphatic heterocycles. The predicted octanol–water partition coefficient (Wildman–Crippen LogP) is 4.17. The maximum absolute atomic E-state index is 11.7. The Morgan fingerprint density at radius 2 is 1.85 bits per heavy atom. The summed E-state index contributed by atoms with van der Waals surface area (Å²) in [7, 11) is 0. The number of aryl methyl sites for hydroxylation is 1. The molecule has 2 rings (SSSR count). The lowest BCUT2D eigenvalue weighted by Gasteiger charge is -2.28. The average Bonchev–Trinajstić information content (AvgIpc) is 2.39. The molecule has 0 radical (unpaired) electrons. The lowest BCUT2D eigenvalue weighted by Crippen LogP contribution is -2.40. The van der Waals surface area contributed by atoms with E-state index in [0.29, 0.717) is 5.56 Å². The summed E-state index contributed by atoms with van der Waals surface area (Å²) < 4.78 is 0.921. The van der Waals surface area contributed by atoms with E-state index in [9.17, 15) is 9.90 Å². The standard InChI is InChI=1S/C16H16BrNO2/c1-11-4-3-5-14(10-11)18-16(2,15(19)20)12-6-8-13(17)9-7-12/h3-10,18H,1-2H3,(H,19,20). The molecular weight excluding hydrogens is 318 g/mol. The molecule has 4 heteroatoms. The van der Waals surface area contributed by atoms with Crippen molar-refractivity contribution < 1.29 is 9.90 Å². The number of anilines is 1. The Morgan fingerprint density at radius 3 is 2.40 bits per heavy atom. The smallest absolute Gasteiger partial charge is 0.333 e. The molecule has 0 saturated heterocycles. The third-order valence-corrected chi connectivity index (χ3v) is 3.79. The van der Waals surface area contributed by atoms with E-state index >= 15 is 0 Å². The van der Waals surface area contributed by atoms with Crippen molar-refractivity contribution >= 4 is 27.6 Å². The Morgan fingerprint density at radius 1 is 1.20 bits per heavy atom. The van der Waals surface area contributed by atoms with Crippen molar-refractivity contribution in [3.8, 4) is 0 Å². The van der Waals surface area contributed by atoms with Crippen LogP contribution in [0.15, 0.2) is 53.0 Å². The summed E-state index contributed by atoms with van der Waals surface area (Å²) in [5.41, 5.74) is 1.40. The highest BCUT2D eigenvalue weighted by Gasteiger charge is 2.35. The van der Waals surface area contributed by atoms with Gasteiger partial charge in [-0.3, -0.25) is 0 Å². The van der Waals surface area contributed by atoms with Crippen molar-refractivity contribution in [2.24, 2.45) is 0 Å². The van der Waals surface area contributed by atoms with Gasteiger partial charge in [-0.25, -0.2) is 4.79 Å². The number of rotatable bonds is 4. The van der Waals surface area contributed by atoms with Gasteiger partial charge in [-0.2, -0.15) is 0 Å². The monoisotopic (exact) mass is 333 g/mol. The van der Waals surface area contributed by atoms with Crippen LogP contribution >= 0.6 is 15.9 Å². The second kappa shape index (κ2) is 5.67. The molecule has 0 aromatic heterocycles. The lowest BCUT2D eigenvalue weighted by atomic mass is 9.91. The zero-order valence-corrected chi connectivity index (χ0v) is 12.9. The van der Waals surface area contributed by atoms with Crippen LogP contribution in [0.2, 0.25) is 0 Å². The van der Waals surface area contributed by atoms with E-state index in [1.807, 2.05) is 43.3 Å². The maximum Gasteiger partial charge on any atom is 0.333 e. The first-order valence-corrected chi connectivity index (χ1v) is 7.05. The molecule has 1 atom stereocenters. The lowest BCUT2D eigenvalue weighted by molar-refractivity contribution is -0.142. The van der Waals surface area contributed by atoms with Crippen molar-refractivity contribution in [2.75, 3.05) is 5.32 Å². The number of carboxylic acid groups (broad SMARTS) is 1. The minimum absolute atomic E-state index is 0.703. The zero-order valence-electron chi connectivity index (χ0n) is 11.4. The van der Waals surface area contributed by atoms with Crippen LogP contribution in [0.5, 0.6) is 0 Å². The van der Waals surface area contributed by atoms with E-state index in [4.69, 9.17) is 0 Å².